The molecule has 0 aliphatic rings. The minimum Gasteiger partial charge on any atom is -0.478 e. The van der Waals surface area contributed by atoms with Gasteiger partial charge < -0.3 is 15.9 Å². The van der Waals surface area contributed by atoms with Gasteiger partial charge in [0, 0.05) is 23.7 Å². The van der Waals surface area contributed by atoms with Crippen molar-refractivity contribution in [2.75, 3.05) is 6.54 Å². The van der Waals surface area contributed by atoms with Crippen LogP contribution < -0.4 is 5.73 Å². The van der Waals surface area contributed by atoms with Crippen molar-refractivity contribution in [1.82, 2.24) is 0 Å². The molecule has 0 heterocycles. The Kier molecular flexibility index (Phi) is 7.14. The third kappa shape index (κ3) is 6.03. The number of carboxylic acids is 1. The summed E-state index contributed by atoms with van der Waals surface area (Å²) in [5.41, 5.74) is 5.96. The van der Waals surface area contributed by atoms with Crippen LogP contribution in [-0.4, -0.2) is 27.7 Å². The van der Waals surface area contributed by atoms with E-state index in [4.69, 9.17) is 22.4 Å². The first kappa shape index (κ1) is 18.6. The largest absolute Gasteiger partial charge is 0.478 e. The Bertz CT molecular complexity index is 643. The van der Waals surface area contributed by atoms with Gasteiger partial charge in [-0.25, -0.2) is 4.79 Å². The fraction of sp³-hybridized carbons (Fsp3) is 0.133. The molecule has 0 radical (unpaired) electrons. The zero-order valence-electron chi connectivity index (χ0n) is 11.9. The quantitative estimate of drug-likeness (QED) is 0.581. The van der Waals surface area contributed by atoms with Gasteiger partial charge in [0.05, 0.1) is 16.6 Å². The number of hydrogen-bond donors (Lipinski definition) is 3. The van der Waals surface area contributed by atoms with Crippen LogP contribution in [0, 0.1) is 10.1 Å². The Hall–Kier alpha value is -2.48. The summed E-state index contributed by atoms with van der Waals surface area (Å²) in [4.78, 5) is 19.9. The van der Waals surface area contributed by atoms with Crippen molar-refractivity contribution in [2.24, 2.45) is 5.73 Å². The van der Waals surface area contributed by atoms with Crippen molar-refractivity contribution in [1.29, 1.82) is 0 Å². The summed E-state index contributed by atoms with van der Waals surface area (Å²) >= 11 is 5.69. The number of nitrogens with zero attached hydrogens (tertiary/aromatic N) is 1. The molecule has 2 aromatic rings. The van der Waals surface area contributed by atoms with Crippen LogP contribution in [0.15, 0.2) is 48.5 Å². The molecule has 0 amide bonds. The molecular formula is C15H15ClN2O5. The van der Waals surface area contributed by atoms with Crippen molar-refractivity contribution in [3.05, 3.63) is 74.8 Å². The van der Waals surface area contributed by atoms with Gasteiger partial charge >= 0.3 is 5.97 Å². The summed E-state index contributed by atoms with van der Waals surface area (Å²) < 4.78 is 0. The molecule has 23 heavy (non-hydrogen) atoms. The van der Waals surface area contributed by atoms with E-state index in [0.29, 0.717) is 5.02 Å². The molecule has 0 saturated heterocycles. The summed E-state index contributed by atoms with van der Waals surface area (Å²) in [5, 5.41) is 28.5. The fourth-order valence-electron chi connectivity index (χ4n) is 1.58. The van der Waals surface area contributed by atoms with Crippen molar-refractivity contribution < 1.29 is 19.9 Å². The van der Waals surface area contributed by atoms with Crippen LogP contribution in [0.5, 0.6) is 0 Å². The van der Waals surface area contributed by atoms with Gasteiger partial charge in [-0.2, -0.15) is 0 Å². The monoisotopic (exact) mass is 338 g/mol. The molecule has 0 saturated carbocycles. The molecule has 2 rings (SSSR count). The normalized spacial score (nSPS) is 11.1. The lowest BCUT2D eigenvalue weighted by Gasteiger charge is -2.06. The number of nitro groups is 1. The molecule has 4 N–H and O–H groups in total. The standard InChI is InChI=1S/C8H10ClNO.C7H5NO4/c9-7-3-1-2-6(4-7)8(11)5-10;9-7(10)5-1-3-6(4-2-5)8(11)12/h1-4,8,11H,5,10H2;1-4H,(H,9,10)/t8-;/m1./s1. The highest BCUT2D eigenvalue weighted by molar-refractivity contribution is 6.30. The lowest BCUT2D eigenvalue weighted by Crippen LogP contribution is -2.11. The molecule has 0 aliphatic heterocycles. The van der Waals surface area contributed by atoms with Crippen molar-refractivity contribution in [3.63, 3.8) is 0 Å². The van der Waals surface area contributed by atoms with Crippen LogP contribution in [0.4, 0.5) is 5.69 Å². The van der Waals surface area contributed by atoms with Crippen LogP contribution in [0.1, 0.15) is 22.0 Å². The number of aromatic carboxylic acids is 1. The lowest BCUT2D eigenvalue weighted by molar-refractivity contribution is -0.384. The Morgan fingerprint density at radius 1 is 1.26 bits per heavy atom. The second kappa shape index (κ2) is 8.84. The van der Waals surface area contributed by atoms with Gasteiger partial charge in [-0.15, -0.1) is 0 Å². The Morgan fingerprint density at radius 2 is 1.87 bits per heavy atom. The van der Waals surface area contributed by atoms with Gasteiger partial charge in [-0.1, -0.05) is 23.7 Å². The number of halogens is 1. The number of aliphatic hydroxyl groups excluding tert-OH is 1. The Balaban J connectivity index is 0.000000231. The number of nitro benzene ring substituents is 1. The predicted molar refractivity (Wildman–Crippen MR) is 85.5 cm³/mol. The summed E-state index contributed by atoms with van der Waals surface area (Å²) in [7, 11) is 0. The van der Waals surface area contributed by atoms with E-state index in [1.807, 2.05) is 0 Å². The number of aliphatic hydroxyl groups is 1. The topological polar surface area (TPSA) is 127 Å². The van der Waals surface area contributed by atoms with Gasteiger partial charge in [-0.05, 0) is 29.8 Å². The van der Waals surface area contributed by atoms with Crippen LogP contribution in [0.25, 0.3) is 0 Å². The number of nitrogens with two attached hydrogens (primary N) is 1. The summed E-state index contributed by atoms with van der Waals surface area (Å²) in [6.07, 6.45) is -0.603. The smallest absolute Gasteiger partial charge is 0.335 e. The van der Waals surface area contributed by atoms with E-state index >= 15 is 0 Å². The van der Waals surface area contributed by atoms with Gasteiger partial charge in [0.25, 0.3) is 5.69 Å². The first-order chi connectivity index (χ1) is 10.8. The van der Waals surface area contributed by atoms with E-state index in [1.165, 1.54) is 12.1 Å². The van der Waals surface area contributed by atoms with E-state index in [2.05, 4.69) is 0 Å². The SMILES string of the molecule is NC[C@@H](O)c1cccc(Cl)c1.O=C(O)c1ccc([N+](=O)[O-])cc1. The maximum atomic E-state index is 10.3. The number of benzene rings is 2. The van der Waals surface area contributed by atoms with Crippen molar-refractivity contribution in [2.45, 2.75) is 6.10 Å². The number of rotatable bonds is 4. The third-order valence-electron chi connectivity index (χ3n) is 2.78. The van der Waals surface area contributed by atoms with Gasteiger partial charge in [0.15, 0.2) is 0 Å². The van der Waals surface area contributed by atoms with Crippen molar-refractivity contribution in [3.8, 4) is 0 Å². The number of carbonyl (C=O) groups is 1. The van der Waals surface area contributed by atoms with E-state index in [-0.39, 0.29) is 17.8 Å². The van der Waals surface area contributed by atoms with Crippen LogP contribution >= 0.6 is 11.6 Å². The number of carboxylic acid groups (broad SMARTS) is 1. The molecule has 0 bridgehead atoms. The van der Waals surface area contributed by atoms with Crippen LogP contribution in [0.2, 0.25) is 5.02 Å². The summed E-state index contributed by atoms with van der Waals surface area (Å²) in [6.45, 7) is 0.223. The molecular weight excluding hydrogens is 324 g/mol. The molecule has 2 aromatic carbocycles. The predicted octanol–water partition coefficient (Wildman–Crippen LogP) is 2.63. The highest BCUT2D eigenvalue weighted by Crippen LogP contribution is 2.16. The molecule has 0 aliphatic carbocycles. The van der Waals surface area contributed by atoms with Gasteiger partial charge in [0.1, 0.15) is 0 Å². The summed E-state index contributed by atoms with van der Waals surface area (Å²) in [6, 6.07) is 11.8. The molecule has 8 heteroatoms. The highest BCUT2D eigenvalue weighted by Gasteiger charge is 2.07. The molecule has 0 unspecified atom stereocenters. The maximum absolute atomic E-state index is 10.3. The number of non-ortho nitro benzene ring substituents is 1. The molecule has 0 aromatic heterocycles. The molecule has 1 atom stereocenters. The first-order valence-electron chi connectivity index (χ1n) is 6.46. The minimum atomic E-state index is -1.09. The molecule has 122 valence electrons. The van der Waals surface area contributed by atoms with Crippen LogP contribution in [0.3, 0.4) is 0 Å². The maximum Gasteiger partial charge on any atom is 0.335 e. The fourth-order valence-corrected chi connectivity index (χ4v) is 1.77. The van der Waals surface area contributed by atoms with E-state index in [1.54, 1.807) is 24.3 Å². The zero-order valence-corrected chi connectivity index (χ0v) is 12.7. The zero-order chi connectivity index (χ0) is 17.4. The van der Waals surface area contributed by atoms with Gasteiger partial charge in [0.2, 0.25) is 0 Å². The number of hydrogen-bond acceptors (Lipinski definition) is 5. The molecule has 7 nitrogen and oxygen atoms in total. The Labute approximate surface area is 137 Å². The van der Waals surface area contributed by atoms with Crippen LogP contribution in [-0.2, 0) is 0 Å². The van der Waals surface area contributed by atoms with E-state index < -0.39 is 17.0 Å². The highest BCUT2D eigenvalue weighted by atomic mass is 35.5. The van der Waals surface area contributed by atoms with Crippen molar-refractivity contribution >= 4 is 23.3 Å². The summed E-state index contributed by atoms with van der Waals surface area (Å²) in [5.74, 6) is -1.09. The average Bonchev–Trinajstić information content (AvgIpc) is 2.54. The second-order valence-electron chi connectivity index (χ2n) is 4.42. The third-order valence-corrected chi connectivity index (χ3v) is 3.02. The second-order valence-corrected chi connectivity index (χ2v) is 4.85. The van der Waals surface area contributed by atoms with Gasteiger partial charge in [-0.3, -0.25) is 10.1 Å². The Morgan fingerprint density at radius 3 is 2.30 bits per heavy atom. The minimum absolute atomic E-state index is 0.0422. The average molecular weight is 339 g/mol. The van der Waals surface area contributed by atoms with E-state index in [0.717, 1.165) is 17.7 Å². The van der Waals surface area contributed by atoms with E-state index in [9.17, 15) is 20.0 Å². The lowest BCUT2D eigenvalue weighted by atomic mass is 10.1. The first-order valence-corrected chi connectivity index (χ1v) is 6.84. The molecule has 0 spiro atoms. The molecule has 0 fully saturated rings.